The number of nitrogens with one attached hydrogen (secondary N) is 1. The molecule has 5 rings (SSSR count). The van der Waals surface area contributed by atoms with E-state index >= 15 is 0 Å². The van der Waals surface area contributed by atoms with Crippen LogP contribution in [0.25, 0.3) is 10.9 Å². The molecule has 0 aliphatic carbocycles. The van der Waals surface area contributed by atoms with Crippen LogP contribution in [0.3, 0.4) is 0 Å². The first-order valence-electron chi connectivity index (χ1n) is 9.85. The molecule has 0 amide bonds. The normalized spacial score (nSPS) is 30.0. The van der Waals surface area contributed by atoms with Crippen LogP contribution in [0, 0.1) is 18.8 Å². The Morgan fingerprint density at radius 2 is 2.26 bits per heavy atom. The lowest BCUT2D eigenvalue weighted by Gasteiger charge is -2.49. The number of methoxy groups -OCH3 is 1. The highest BCUT2D eigenvalue weighted by molar-refractivity contribution is 5.89. The SMILES string of the molecule is COC(=O)C1=CO[C@@H](C)[C@H]2CN3CCc4c([nH]c5ccc(C)cc45)C3CC12.[HH].[HH]. The molecule has 1 saturated heterocycles. The standard InChI is InChI=1S/C22H26N2O3.2H2/c1-12-4-5-19-16(8-12)14-6-7-24-10-17-13(2)27-11-18(22(25)26-3)15(17)9-20(24)21(14)23-19;;/h4-5,8,11,13,15,17,20,23H,6-7,9-10H2,1-3H3;2*1H/t13-,15?,17+,20?;;/m0../s1. The molecule has 1 aromatic carbocycles. The van der Waals surface area contributed by atoms with Gasteiger partial charge in [-0.1, -0.05) is 11.6 Å². The maximum Gasteiger partial charge on any atom is 0.337 e. The van der Waals surface area contributed by atoms with Gasteiger partial charge in [-0.25, -0.2) is 4.79 Å². The maximum atomic E-state index is 12.3. The summed E-state index contributed by atoms with van der Waals surface area (Å²) >= 11 is 0. The van der Waals surface area contributed by atoms with Gasteiger partial charge in [0.05, 0.1) is 31.1 Å². The predicted molar refractivity (Wildman–Crippen MR) is 108 cm³/mol. The molecule has 146 valence electrons. The maximum absolute atomic E-state index is 12.3. The predicted octanol–water partition coefficient (Wildman–Crippen LogP) is 3.98. The third-order valence-corrected chi connectivity index (χ3v) is 6.79. The van der Waals surface area contributed by atoms with Crippen molar-refractivity contribution in [3.05, 3.63) is 46.9 Å². The topological polar surface area (TPSA) is 54.6 Å². The number of nitrogens with zero attached hydrogens (tertiary/aromatic N) is 1. The Bertz CT molecular complexity index is 955. The second kappa shape index (κ2) is 6.13. The van der Waals surface area contributed by atoms with Crippen molar-refractivity contribution in [2.24, 2.45) is 11.8 Å². The van der Waals surface area contributed by atoms with Crippen LogP contribution in [-0.4, -0.2) is 42.2 Å². The van der Waals surface area contributed by atoms with Crippen LogP contribution in [0.15, 0.2) is 30.0 Å². The molecule has 5 heteroatoms. The van der Waals surface area contributed by atoms with Crippen molar-refractivity contribution in [1.29, 1.82) is 0 Å². The van der Waals surface area contributed by atoms with E-state index in [9.17, 15) is 4.79 Å². The summed E-state index contributed by atoms with van der Waals surface area (Å²) in [6.45, 7) is 6.28. The summed E-state index contributed by atoms with van der Waals surface area (Å²) in [7, 11) is 1.45. The van der Waals surface area contributed by atoms with Gasteiger partial charge in [0.1, 0.15) is 0 Å². The minimum Gasteiger partial charge on any atom is -0.497 e. The van der Waals surface area contributed by atoms with Crippen molar-refractivity contribution >= 4 is 16.9 Å². The van der Waals surface area contributed by atoms with Gasteiger partial charge in [-0.2, -0.15) is 0 Å². The second-order valence-corrected chi connectivity index (χ2v) is 8.24. The van der Waals surface area contributed by atoms with E-state index in [0.717, 1.165) is 25.9 Å². The van der Waals surface area contributed by atoms with Crippen LogP contribution in [0.1, 0.15) is 39.1 Å². The van der Waals surface area contributed by atoms with Crippen LogP contribution in [0.5, 0.6) is 0 Å². The first-order chi connectivity index (χ1) is 13.1. The van der Waals surface area contributed by atoms with E-state index in [1.165, 1.54) is 34.8 Å². The minimum atomic E-state index is -0.256. The fraction of sp³-hybridized carbons (Fsp3) is 0.500. The summed E-state index contributed by atoms with van der Waals surface area (Å²) in [5.74, 6) is 0.253. The third kappa shape index (κ3) is 2.52. The second-order valence-electron chi connectivity index (χ2n) is 8.24. The summed E-state index contributed by atoms with van der Waals surface area (Å²) in [4.78, 5) is 18.6. The number of carbonyl (C=O) groups is 1. The van der Waals surface area contributed by atoms with Gasteiger partial charge in [0.2, 0.25) is 0 Å². The number of ether oxygens (including phenoxy) is 2. The highest BCUT2D eigenvalue weighted by Gasteiger charge is 2.46. The number of carbonyl (C=O) groups excluding carboxylic acids is 1. The van der Waals surface area contributed by atoms with Crippen molar-refractivity contribution < 1.29 is 17.1 Å². The van der Waals surface area contributed by atoms with Crippen LogP contribution in [-0.2, 0) is 20.7 Å². The van der Waals surface area contributed by atoms with Crippen molar-refractivity contribution in [1.82, 2.24) is 9.88 Å². The average Bonchev–Trinajstić information content (AvgIpc) is 3.05. The Morgan fingerprint density at radius 3 is 3.07 bits per heavy atom. The van der Waals surface area contributed by atoms with Crippen molar-refractivity contribution in [2.45, 2.75) is 38.8 Å². The smallest absolute Gasteiger partial charge is 0.337 e. The molecule has 27 heavy (non-hydrogen) atoms. The third-order valence-electron chi connectivity index (χ3n) is 6.79. The van der Waals surface area contributed by atoms with E-state index in [2.05, 4.69) is 41.9 Å². The summed E-state index contributed by atoms with van der Waals surface area (Å²) in [6.07, 6.45) is 3.77. The first kappa shape index (κ1) is 16.9. The van der Waals surface area contributed by atoms with Gasteiger partial charge in [-0.15, -0.1) is 0 Å². The average molecular weight is 370 g/mol. The van der Waals surface area contributed by atoms with Crippen molar-refractivity contribution in [2.75, 3.05) is 20.2 Å². The molecule has 2 unspecified atom stereocenters. The van der Waals surface area contributed by atoms with Crippen LogP contribution in [0.2, 0.25) is 0 Å². The molecular weight excluding hydrogens is 340 g/mol. The van der Waals surface area contributed by atoms with Gasteiger partial charge in [-0.3, -0.25) is 4.90 Å². The molecule has 3 aliphatic heterocycles. The lowest BCUT2D eigenvalue weighted by molar-refractivity contribution is -0.139. The molecule has 1 fully saturated rings. The van der Waals surface area contributed by atoms with Crippen molar-refractivity contribution in [3.63, 3.8) is 0 Å². The number of benzene rings is 1. The van der Waals surface area contributed by atoms with Gasteiger partial charge in [0.25, 0.3) is 0 Å². The number of fused-ring (bicyclic) bond motifs is 6. The molecular formula is C22H30N2O3. The Hall–Kier alpha value is -2.27. The van der Waals surface area contributed by atoms with Gasteiger partial charge >= 0.3 is 5.97 Å². The Balaban J connectivity index is 0.00000120. The van der Waals surface area contributed by atoms with Gasteiger partial charge in [-0.05, 0) is 44.4 Å². The van der Waals surface area contributed by atoms with Crippen LogP contribution < -0.4 is 0 Å². The van der Waals surface area contributed by atoms with E-state index in [1.54, 1.807) is 6.26 Å². The van der Waals surface area contributed by atoms with Crippen LogP contribution >= 0.6 is 0 Å². The molecule has 5 nitrogen and oxygen atoms in total. The molecule has 2 aromatic rings. The number of H-pyrrole nitrogens is 1. The lowest BCUT2D eigenvalue weighted by atomic mass is 9.72. The molecule has 3 aliphatic rings. The number of aromatic nitrogens is 1. The Morgan fingerprint density at radius 1 is 1.41 bits per heavy atom. The molecule has 4 atom stereocenters. The molecule has 0 radical (unpaired) electrons. The zero-order valence-electron chi connectivity index (χ0n) is 16.1. The number of piperidine rings is 1. The van der Waals surface area contributed by atoms with E-state index in [-0.39, 0.29) is 20.8 Å². The zero-order chi connectivity index (χ0) is 18.7. The summed E-state index contributed by atoms with van der Waals surface area (Å²) in [5.41, 5.74) is 6.00. The van der Waals surface area contributed by atoms with E-state index < -0.39 is 0 Å². The summed E-state index contributed by atoms with van der Waals surface area (Å²) < 4.78 is 10.8. The van der Waals surface area contributed by atoms with E-state index in [0.29, 0.717) is 17.5 Å². The number of esters is 1. The summed E-state index contributed by atoms with van der Waals surface area (Å²) in [5, 5.41) is 1.36. The summed E-state index contributed by atoms with van der Waals surface area (Å²) in [6, 6.07) is 6.97. The highest BCUT2D eigenvalue weighted by atomic mass is 16.5. The Kier molecular flexibility index (Phi) is 3.83. The highest BCUT2D eigenvalue weighted by Crippen LogP contribution is 2.47. The van der Waals surface area contributed by atoms with Gasteiger partial charge in [0.15, 0.2) is 0 Å². The molecule has 1 N–H and O–H groups in total. The molecule has 4 heterocycles. The number of hydrogen-bond donors (Lipinski definition) is 1. The van der Waals surface area contributed by atoms with Gasteiger partial charge < -0.3 is 14.5 Å². The fourth-order valence-electron chi connectivity index (χ4n) is 5.35. The number of hydrogen-bond acceptors (Lipinski definition) is 4. The number of aryl methyl sites for hydroxylation is 1. The monoisotopic (exact) mass is 370 g/mol. The largest absolute Gasteiger partial charge is 0.497 e. The first-order valence-corrected chi connectivity index (χ1v) is 9.85. The quantitative estimate of drug-likeness (QED) is 0.772. The van der Waals surface area contributed by atoms with E-state index in [1.807, 2.05) is 0 Å². The molecule has 1 aromatic heterocycles. The van der Waals surface area contributed by atoms with E-state index in [4.69, 9.17) is 9.47 Å². The molecule has 0 bridgehead atoms. The van der Waals surface area contributed by atoms with Crippen LogP contribution in [0.4, 0.5) is 0 Å². The number of aromatic amines is 1. The minimum absolute atomic E-state index is 0. The Labute approximate surface area is 162 Å². The van der Waals surface area contributed by atoms with Gasteiger partial charge in [0, 0.05) is 44.4 Å². The number of rotatable bonds is 1. The zero-order valence-corrected chi connectivity index (χ0v) is 16.1. The van der Waals surface area contributed by atoms with Crippen molar-refractivity contribution in [3.8, 4) is 0 Å². The lowest BCUT2D eigenvalue weighted by Crippen LogP contribution is -2.51. The molecule has 0 spiro atoms. The fourth-order valence-corrected chi connectivity index (χ4v) is 5.35. The molecule has 0 saturated carbocycles.